The fraction of sp³-hybridized carbons (Fsp3) is 0.500. The van der Waals surface area contributed by atoms with E-state index in [1.54, 1.807) is 45.9 Å². The van der Waals surface area contributed by atoms with Crippen molar-refractivity contribution >= 4 is 17.6 Å². The Morgan fingerprint density at radius 2 is 2.05 bits per heavy atom. The summed E-state index contributed by atoms with van der Waals surface area (Å²) in [7, 11) is 0. The monoisotopic (exact) mass is 286 g/mol. The normalized spacial score (nSPS) is 12.9. The number of carbonyl (C=O) groups excluding carboxylic acids is 1. The number of rotatable bonds is 4. The molecule has 0 spiro atoms. The number of benzene rings is 1. The van der Waals surface area contributed by atoms with Crippen LogP contribution in [0.25, 0.3) is 0 Å². The highest BCUT2D eigenvalue weighted by Gasteiger charge is 2.17. The molecule has 0 aliphatic heterocycles. The average molecular weight is 287 g/mol. The summed E-state index contributed by atoms with van der Waals surface area (Å²) in [5.74, 6) is -0.0377. The molecular formula is C14H19ClO4. The minimum atomic E-state index is -0.729. The molecule has 0 radical (unpaired) electrons. The molecule has 1 unspecified atom stereocenters. The fourth-order valence-electron chi connectivity index (χ4n) is 1.48. The average Bonchev–Trinajstić information content (AvgIpc) is 2.24. The zero-order chi connectivity index (χ0) is 14.6. The summed E-state index contributed by atoms with van der Waals surface area (Å²) in [5, 5.41) is 10.1. The minimum Gasteiger partial charge on any atom is -0.482 e. The molecule has 19 heavy (non-hydrogen) atoms. The van der Waals surface area contributed by atoms with Crippen molar-refractivity contribution in [1.29, 1.82) is 0 Å². The van der Waals surface area contributed by atoms with Gasteiger partial charge >= 0.3 is 5.97 Å². The van der Waals surface area contributed by atoms with E-state index in [1.165, 1.54) is 0 Å². The molecule has 4 nitrogen and oxygen atoms in total. The first-order chi connectivity index (χ1) is 8.69. The van der Waals surface area contributed by atoms with E-state index in [2.05, 4.69) is 0 Å². The topological polar surface area (TPSA) is 55.8 Å². The van der Waals surface area contributed by atoms with Crippen molar-refractivity contribution in [1.82, 2.24) is 0 Å². The molecule has 1 N–H and O–H groups in total. The number of aliphatic hydroxyl groups is 1. The van der Waals surface area contributed by atoms with Gasteiger partial charge in [0.1, 0.15) is 11.4 Å². The second-order valence-electron chi connectivity index (χ2n) is 5.23. The highest BCUT2D eigenvalue weighted by molar-refractivity contribution is 6.30. The third-order valence-corrected chi connectivity index (χ3v) is 2.42. The maximum absolute atomic E-state index is 11.5. The molecule has 0 aromatic heterocycles. The molecule has 1 aromatic rings. The van der Waals surface area contributed by atoms with Crippen LogP contribution >= 0.6 is 11.6 Å². The predicted molar refractivity (Wildman–Crippen MR) is 73.4 cm³/mol. The molecule has 0 amide bonds. The van der Waals surface area contributed by atoms with Gasteiger partial charge in [-0.15, -0.1) is 0 Å². The predicted octanol–water partition coefficient (Wildman–Crippen LogP) is 3.11. The second kappa shape index (κ2) is 6.26. The number of hydrogen-bond donors (Lipinski definition) is 1. The highest BCUT2D eigenvalue weighted by atomic mass is 35.5. The van der Waals surface area contributed by atoms with Gasteiger partial charge in [0, 0.05) is 10.6 Å². The van der Waals surface area contributed by atoms with Crippen LogP contribution in [0.4, 0.5) is 0 Å². The Labute approximate surface area is 118 Å². The summed E-state index contributed by atoms with van der Waals surface area (Å²) in [4.78, 5) is 11.5. The van der Waals surface area contributed by atoms with E-state index in [1.807, 2.05) is 0 Å². The van der Waals surface area contributed by atoms with E-state index in [4.69, 9.17) is 21.1 Å². The van der Waals surface area contributed by atoms with Crippen LogP contribution in [0.2, 0.25) is 5.02 Å². The number of hydrogen-bond acceptors (Lipinski definition) is 4. The van der Waals surface area contributed by atoms with Gasteiger partial charge in [0.15, 0.2) is 6.61 Å². The van der Waals surface area contributed by atoms with E-state index >= 15 is 0 Å². The van der Waals surface area contributed by atoms with Gasteiger partial charge in [-0.25, -0.2) is 4.79 Å². The van der Waals surface area contributed by atoms with Gasteiger partial charge in [-0.05, 0) is 45.9 Å². The minimum absolute atomic E-state index is 0.210. The van der Waals surface area contributed by atoms with Crippen molar-refractivity contribution in [3.05, 3.63) is 28.8 Å². The van der Waals surface area contributed by atoms with Crippen LogP contribution in [0.5, 0.6) is 5.75 Å². The molecule has 0 fully saturated rings. The standard InChI is InChI=1S/C14H19ClO4/c1-9(16)11-7-10(15)5-6-12(11)18-8-13(17)19-14(2,3)4/h5-7,9,16H,8H2,1-4H3. The van der Waals surface area contributed by atoms with Crippen LogP contribution in [-0.2, 0) is 9.53 Å². The van der Waals surface area contributed by atoms with Crippen LogP contribution in [0.15, 0.2) is 18.2 Å². The van der Waals surface area contributed by atoms with Gasteiger partial charge in [0.25, 0.3) is 0 Å². The molecule has 0 saturated heterocycles. The van der Waals surface area contributed by atoms with Gasteiger partial charge in [-0.1, -0.05) is 11.6 Å². The van der Waals surface area contributed by atoms with Crippen molar-refractivity contribution in [2.24, 2.45) is 0 Å². The molecule has 0 saturated carbocycles. The number of esters is 1. The molecule has 1 aromatic carbocycles. The third-order valence-electron chi connectivity index (χ3n) is 2.19. The summed E-state index contributed by atoms with van der Waals surface area (Å²) < 4.78 is 10.5. The Balaban J connectivity index is 2.70. The molecule has 0 aliphatic rings. The van der Waals surface area contributed by atoms with Crippen LogP contribution in [0.1, 0.15) is 39.4 Å². The highest BCUT2D eigenvalue weighted by Crippen LogP contribution is 2.28. The van der Waals surface area contributed by atoms with Crippen molar-refractivity contribution in [3.63, 3.8) is 0 Å². The summed E-state index contributed by atoms with van der Waals surface area (Å²) in [6.07, 6.45) is -0.729. The number of halogens is 1. The zero-order valence-electron chi connectivity index (χ0n) is 11.6. The lowest BCUT2D eigenvalue weighted by molar-refractivity contribution is -0.157. The van der Waals surface area contributed by atoms with Crippen molar-refractivity contribution in [3.8, 4) is 5.75 Å². The van der Waals surface area contributed by atoms with E-state index in [0.29, 0.717) is 16.3 Å². The lowest BCUT2D eigenvalue weighted by atomic mass is 10.1. The molecule has 0 aliphatic carbocycles. The van der Waals surface area contributed by atoms with Crippen LogP contribution < -0.4 is 4.74 Å². The van der Waals surface area contributed by atoms with E-state index in [9.17, 15) is 9.90 Å². The quantitative estimate of drug-likeness (QED) is 0.864. The Morgan fingerprint density at radius 1 is 1.42 bits per heavy atom. The molecule has 0 bridgehead atoms. The Kier molecular flexibility index (Phi) is 5.20. The largest absolute Gasteiger partial charge is 0.482 e. The lowest BCUT2D eigenvalue weighted by Gasteiger charge is -2.20. The first-order valence-electron chi connectivity index (χ1n) is 6.01. The Morgan fingerprint density at radius 3 is 2.58 bits per heavy atom. The molecule has 5 heteroatoms. The van der Waals surface area contributed by atoms with Gasteiger partial charge in [-0.2, -0.15) is 0 Å². The zero-order valence-corrected chi connectivity index (χ0v) is 12.3. The first kappa shape index (κ1) is 15.8. The van der Waals surface area contributed by atoms with Crippen molar-refractivity contribution in [2.45, 2.75) is 39.4 Å². The van der Waals surface area contributed by atoms with Crippen LogP contribution in [0.3, 0.4) is 0 Å². The fourth-order valence-corrected chi connectivity index (χ4v) is 1.67. The first-order valence-corrected chi connectivity index (χ1v) is 6.39. The maximum Gasteiger partial charge on any atom is 0.344 e. The summed E-state index contributed by atoms with van der Waals surface area (Å²) in [6.45, 7) is 6.75. The van der Waals surface area contributed by atoms with Gasteiger partial charge < -0.3 is 14.6 Å². The van der Waals surface area contributed by atoms with Crippen LogP contribution in [-0.4, -0.2) is 23.3 Å². The third kappa shape index (κ3) is 5.49. The smallest absolute Gasteiger partial charge is 0.344 e. The van der Waals surface area contributed by atoms with E-state index in [-0.39, 0.29) is 6.61 Å². The summed E-state index contributed by atoms with van der Waals surface area (Å²) >= 11 is 5.85. The van der Waals surface area contributed by atoms with E-state index < -0.39 is 17.7 Å². The van der Waals surface area contributed by atoms with Crippen molar-refractivity contribution in [2.75, 3.05) is 6.61 Å². The number of aliphatic hydroxyl groups excluding tert-OH is 1. The number of ether oxygens (including phenoxy) is 2. The molecule has 1 atom stereocenters. The van der Waals surface area contributed by atoms with Crippen molar-refractivity contribution < 1.29 is 19.4 Å². The van der Waals surface area contributed by atoms with E-state index in [0.717, 1.165) is 0 Å². The second-order valence-corrected chi connectivity index (χ2v) is 5.67. The molecular weight excluding hydrogens is 268 g/mol. The van der Waals surface area contributed by atoms with Gasteiger partial charge in [-0.3, -0.25) is 0 Å². The molecule has 0 heterocycles. The lowest BCUT2D eigenvalue weighted by Crippen LogP contribution is -2.27. The Hall–Kier alpha value is -1.26. The SMILES string of the molecule is CC(O)c1cc(Cl)ccc1OCC(=O)OC(C)(C)C. The summed E-state index contributed by atoms with van der Waals surface area (Å²) in [6, 6.07) is 4.86. The maximum atomic E-state index is 11.5. The molecule has 106 valence electrons. The van der Waals surface area contributed by atoms with Crippen LogP contribution in [0, 0.1) is 0 Å². The van der Waals surface area contributed by atoms with Gasteiger partial charge in [0.2, 0.25) is 0 Å². The molecule has 1 rings (SSSR count). The summed E-state index contributed by atoms with van der Waals surface area (Å²) in [5.41, 5.74) is -0.0101. The number of carbonyl (C=O) groups is 1. The Bertz CT molecular complexity index is 449. The van der Waals surface area contributed by atoms with Gasteiger partial charge in [0.05, 0.1) is 6.10 Å².